The molecule has 2 aromatic rings. The highest BCUT2D eigenvalue weighted by molar-refractivity contribution is 7.80. The monoisotopic (exact) mass is 358 g/mol. The summed E-state index contributed by atoms with van der Waals surface area (Å²) in [5.74, 6) is -0.214. The lowest BCUT2D eigenvalue weighted by atomic mass is 10.0. The van der Waals surface area contributed by atoms with Gasteiger partial charge in [0.25, 0.3) is 0 Å². The van der Waals surface area contributed by atoms with Crippen LogP contribution in [0, 0.1) is 5.82 Å². The molecule has 2 aromatic carbocycles. The van der Waals surface area contributed by atoms with Crippen LogP contribution in [0.4, 0.5) is 4.39 Å². The predicted octanol–water partition coefficient (Wildman–Crippen LogP) is 2.04. The highest BCUT2D eigenvalue weighted by Crippen LogP contribution is 2.04. The third kappa shape index (κ3) is 5.80. The Morgan fingerprint density at radius 2 is 1.68 bits per heavy atom. The van der Waals surface area contributed by atoms with Gasteiger partial charge in [-0.15, -0.1) is 0 Å². The molecule has 1 aliphatic heterocycles. The molecule has 132 valence electrons. The highest BCUT2D eigenvalue weighted by atomic mass is 32.1. The number of halogens is 1. The zero-order valence-corrected chi connectivity index (χ0v) is 15.1. The molecule has 0 spiro atoms. The number of quaternary nitrogens is 1. The van der Waals surface area contributed by atoms with Gasteiger partial charge in [-0.25, -0.2) is 4.39 Å². The lowest BCUT2D eigenvalue weighted by Crippen LogP contribution is -3.12. The van der Waals surface area contributed by atoms with Crippen LogP contribution in [0.3, 0.4) is 0 Å². The quantitative estimate of drug-likeness (QED) is 0.715. The summed E-state index contributed by atoms with van der Waals surface area (Å²) in [7, 11) is 0. The number of likely N-dealkylation sites (tertiary alicyclic amines) is 1. The maximum absolute atomic E-state index is 12.9. The van der Waals surface area contributed by atoms with Crippen molar-refractivity contribution in [1.82, 2.24) is 10.6 Å². The SMILES string of the molecule is Fc1ccc(CNC(=S)NC2CC[NH+](Cc3ccccc3)CC2)cc1. The first kappa shape index (κ1) is 17.8. The number of hydrogen-bond acceptors (Lipinski definition) is 1. The molecule has 3 rings (SSSR count). The number of piperidine rings is 1. The van der Waals surface area contributed by atoms with Crippen molar-refractivity contribution in [2.45, 2.75) is 32.0 Å². The second kappa shape index (κ2) is 8.92. The summed E-state index contributed by atoms with van der Waals surface area (Å²) in [5, 5.41) is 7.31. The number of thiocarbonyl (C=S) groups is 1. The fourth-order valence-electron chi connectivity index (χ4n) is 3.25. The molecule has 1 aliphatic rings. The summed E-state index contributed by atoms with van der Waals surface area (Å²) in [4.78, 5) is 1.63. The van der Waals surface area contributed by atoms with E-state index in [1.807, 2.05) is 0 Å². The minimum atomic E-state index is -0.214. The molecule has 5 heteroatoms. The van der Waals surface area contributed by atoms with Gasteiger partial charge in [-0.3, -0.25) is 0 Å². The Morgan fingerprint density at radius 3 is 2.36 bits per heavy atom. The van der Waals surface area contributed by atoms with Crippen LogP contribution in [-0.2, 0) is 13.1 Å². The number of benzene rings is 2. The third-order valence-electron chi connectivity index (χ3n) is 4.69. The maximum atomic E-state index is 12.9. The summed E-state index contributed by atoms with van der Waals surface area (Å²) >= 11 is 5.39. The molecule has 1 saturated heterocycles. The Bertz CT molecular complexity index is 667. The van der Waals surface area contributed by atoms with Crippen LogP contribution in [0.25, 0.3) is 0 Å². The van der Waals surface area contributed by atoms with E-state index < -0.39 is 0 Å². The van der Waals surface area contributed by atoms with Gasteiger partial charge in [-0.1, -0.05) is 42.5 Å². The molecule has 3 N–H and O–H groups in total. The zero-order valence-electron chi connectivity index (χ0n) is 14.3. The summed E-state index contributed by atoms with van der Waals surface area (Å²) in [5.41, 5.74) is 2.42. The molecule has 0 atom stereocenters. The lowest BCUT2D eigenvalue weighted by Gasteiger charge is -2.30. The minimum absolute atomic E-state index is 0.214. The third-order valence-corrected chi connectivity index (χ3v) is 4.95. The van der Waals surface area contributed by atoms with Crippen LogP contribution >= 0.6 is 12.2 Å². The van der Waals surface area contributed by atoms with E-state index in [2.05, 4.69) is 41.0 Å². The van der Waals surface area contributed by atoms with Crippen molar-refractivity contribution in [2.75, 3.05) is 13.1 Å². The first-order chi connectivity index (χ1) is 12.2. The van der Waals surface area contributed by atoms with Gasteiger partial charge in [0.15, 0.2) is 5.11 Å². The second-order valence-electron chi connectivity index (χ2n) is 6.64. The first-order valence-corrected chi connectivity index (χ1v) is 9.26. The van der Waals surface area contributed by atoms with Crippen LogP contribution in [0.5, 0.6) is 0 Å². The van der Waals surface area contributed by atoms with Gasteiger partial charge in [-0.05, 0) is 29.9 Å². The summed E-state index contributed by atoms with van der Waals surface area (Å²) in [6.45, 7) is 4.03. The van der Waals surface area contributed by atoms with E-state index >= 15 is 0 Å². The standard InChI is InChI=1S/C20H24FN3S/c21-18-8-6-16(7-9-18)14-22-20(25)23-19-10-12-24(13-11-19)15-17-4-2-1-3-5-17/h1-9,19H,10-15H2,(H2,22,23,25)/p+1. The van der Waals surface area contributed by atoms with Crippen LogP contribution in [0.2, 0.25) is 0 Å². The van der Waals surface area contributed by atoms with Crippen LogP contribution in [-0.4, -0.2) is 24.2 Å². The van der Waals surface area contributed by atoms with Crippen LogP contribution in [0.1, 0.15) is 24.0 Å². The van der Waals surface area contributed by atoms with E-state index in [1.54, 1.807) is 17.0 Å². The van der Waals surface area contributed by atoms with Gasteiger partial charge in [0.2, 0.25) is 0 Å². The van der Waals surface area contributed by atoms with Crippen molar-refractivity contribution in [3.63, 3.8) is 0 Å². The summed E-state index contributed by atoms with van der Waals surface area (Å²) in [6.07, 6.45) is 2.25. The lowest BCUT2D eigenvalue weighted by molar-refractivity contribution is -0.918. The zero-order chi connectivity index (χ0) is 17.5. The topological polar surface area (TPSA) is 28.5 Å². The van der Waals surface area contributed by atoms with Crippen molar-refractivity contribution in [3.8, 4) is 0 Å². The van der Waals surface area contributed by atoms with Crippen molar-refractivity contribution >= 4 is 17.3 Å². The molecular formula is C20H25FN3S+. The van der Waals surface area contributed by atoms with Crippen molar-refractivity contribution in [2.24, 2.45) is 0 Å². The van der Waals surface area contributed by atoms with Gasteiger partial charge in [0, 0.05) is 31.0 Å². The fourth-order valence-corrected chi connectivity index (χ4v) is 3.49. The molecule has 3 nitrogen and oxygen atoms in total. The van der Waals surface area contributed by atoms with Crippen molar-refractivity contribution < 1.29 is 9.29 Å². The Hall–Kier alpha value is -1.98. The molecular weight excluding hydrogens is 333 g/mol. The Kier molecular flexibility index (Phi) is 6.36. The van der Waals surface area contributed by atoms with E-state index in [4.69, 9.17) is 12.2 Å². The van der Waals surface area contributed by atoms with Crippen molar-refractivity contribution in [3.05, 3.63) is 71.5 Å². The fraction of sp³-hybridized carbons (Fsp3) is 0.350. The minimum Gasteiger partial charge on any atom is -0.360 e. The van der Waals surface area contributed by atoms with E-state index in [0.29, 0.717) is 17.7 Å². The first-order valence-electron chi connectivity index (χ1n) is 8.85. The molecule has 0 amide bonds. The molecule has 0 unspecified atom stereocenters. The molecule has 0 aliphatic carbocycles. The van der Waals surface area contributed by atoms with Crippen molar-refractivity contribution in [1.29, 1.82) is 0 Å². The number of rotatable bonds is 5. The van der Waals surface area contributed by atoms with Gasteiger partial charge in [0.05, 0.1) is 13.1 Å². The summed E-state index contributed by atoms with van der Waals surface area (Å²) in [6, 6.07) is 17.6. The average molecular weight is 359 g/mol. The van der Waals surface area contributed by atoms with E-state index in [1.165, 1.54) is 17.7 Å². The molecule has 1 heterocycles. The van der Waals surface area contributed by atoms with E-state index in [9.17, 15) is 4.39 Å². The van der Waals surface area contributed by atoms with Gasteiger partial charge >= 0.3 is 0 Å². The smallest absolute Gasteiger partial charge is 0.166 e. The van der Waals surface area contributed by atoms with E-state index in [-0.39, 0.29) is 5.82 Å². The van der Waals surface area contributed by atoms with Gasteiger partial charge in [0.1, 0.15) is 12.4 Å². The molecule has 0 radical (unpaired) electrons. The van der Waals surface area contributed by atoms with Crippen LogP contribution in [0.15, 0.2) is 54.6 Å². The molecule has 25 heavy (non-hydrogen) atoms. The molecule has 0 bridgehead atoms. The Morgan fingerprint density at radius 1 is 1.00 bits per heavy atom. The van der Waals surface area contributed by atoms with E-state index in [0.717, 1.165) is 38.0 Å². The normalized spacial score (nSPS) is 20.0. The predicted molar refractivity (Wildman–Crippen MR) is 103 cm³/mol. The Labute approximate surface area is 154 Å². The van der Waals surface area contributed by atoms with Gasteiger partial charge < -0.3 is 15.5 Å². The molecule has 1 fully saturated rings. The average Bonchev–Trinajstić information content (AvgIpc) is 2.64. The highest BCUT2D eigenvalue weighted by Gasteiger charge is 2.22. The molecule has 0 aromatic heterocycles. The second-order valence-corrected chi connectivity index (χ2v) is 7.05. The summed E-state index contributed by atoms with van der Waals surface area (Å²) < 4.78 is 12.9. The molecule has 0 saturated carbocycles. The Balaban J connectivity index is 1.36. The number of hydrogen-bond donors (Lipinski definition) is 3. The largest absolute Gasteiger partial charge is 0.360 e. The van der Waals surface area contributed by atoms with Crippen LogP contribution < -0.4 is 15.5 Å². The maximum Gasteiger partial charge on any atom is 0.166 e. The number of nitrogens with one attached hydrogen (secondary N) is 3. The van der Waals surface area contributed by atoms with Gasteiger partial charge in [-0.2, -0.15) is 0 Å².